The van der Waals surface area contributed by atoms with E-state index in [0.29, 0.717) is 6.54 Å². The normalized spacial score (nSPS) is 16.4. The highest BCUT2D eigenvalue weighted by molar-refractivity contribution is 5.80. The number of benzene rings is 1. The molecule has 1 unspecified atom stereocenters. The van der Waals surface area contributed by atoms with Crippen LogP contribution < -0.4 is 10.6 Å². The Morgan fingerprint density at radius 3 is 2.93 bits per heavy atom. The van der Waals surface area contributed by atoms with Crippen LogP contribution in [0.2, 0.25) is 0 Å². The summed E-state index contributed by atoms with van der Waals surface area (Å²) < 4.78 is 7.43. The Bertz CT molecular complexity index is 916. The first-order valence-electron chi connectivity index (χ1n) is 10.3. The van der Waals surface area contributed by atoms with Gasteiger partial charge in [-0.05, 0) is 37.5 Å². The van der Waals surface area contributed by atoms with Gasteiger partial charge in [0.05, 0.1) is 12.8 Å². The van der Waals surface area contributed by atoms with E-state index in [2.05, 4.69) is 45.0 Å². The van der Waals surface area contributed by atoms with E-state index in [1.54, 1.807) is 6.26 Å². The van der Waals surface area contributed by atoms with E-state index in [1.807, 2.05) is 29.8 Å². The molecule has 0 bridgehead atoms. The minimum absolute atomic E-state index is 0.287. The average molecular weight is 393 g/mol. The lowest BCUT2D eigenvalue weighted by molar-refractivity contribution is 0.392. The Morgan fingerprint density at radius 1 is 1.21 bits per heavy atom. The number of aryl methyl sites for hydroxylation is 2. The Hall–Kier alpha value is -3.09. The van der Waals surface area contributed by atoms with Crippen LogP contribution in [0.25, 0.3) is 0 Å². The van der Waals surface area contributed by atoms with Crippen LogP contribution in [-0.4, -0.2) is 39.9 Å². The predicted molar refractivity (Wildman–Crippen MR) is 113 cm³/mol. The van der Waals surface area contributed by atoms with E-state index in [4.69, 9.17) is 9.41 Å². The fourth-order valence-corrected chi connectivity index (χ4v) is 3.60. The average Bonchev–Trinajstić information content (AvgIpc) is 3.37. The van der Waals surface area contributed by atoms with Crippen molar-refractivity contribution >= 4 is 5.96 Å². The second-order valence-electron chi connectivity index (χ2n) is 7.36. The second kappa shape index (κ2) is 9.41. The van der Waals surface area contributed by atoms with Crippen LogP contribution in [0.1, 0.15) is 29.4 Å². The predicted octanol–water partition coefficient (Wildman–Crippen LogP) is 2.51. The third-order valence-corrected chi connectivity index (χ3v) is 5.06. The summed E-state index contributed by atoms with van der Waals surface area (Å²) in [5.41, 5.74) is 1.32. The monoisotopic (exact) mass is 392 g/mol. The Morgan fingerprint density at radius 2 is 2.10 bits per heavy atom. The van der Waals surface area contributed by atoms with Crippen molar-refractivity contribution in [3.8, 4) is 0 Å². The van der Waals surface area contributed by atoms with E-state index in [0.717, 1.165) is 62.1 Å². The first-order chi connectivity index (χ1) is 14.3. The maximum Gasteiger partial charge on any atom is 0.191 e. The molecule has 0 saturated carbocycles. The summed E-state index contributed by atoms with van der Waals surface area (Å²) in [5, 5.41) is 11.6. The molecule has 7 heteroatoms. The molecule has 1 aromatic carbocycles. The topological polar surface area (TPSA) is 80.3 Å². The van der Waals surface area contributed by atoms with Crippen molar-refractivity contribution in [1.29, 1.82) is 0 Å². The van der Waals surface area contributed by atoms with Gasteiger partial charge in [0, 0.05) is 32.0 Å². The Kier molecular flexibility index (Phi) is 6.24. The second-order valence-corrected chi connectivity index (χ2v) is 7.36. The van der Waals surface area contributed by atoms with Crippen LogP contribution in [0.15, 0.2) is 58.1 Å². The van der Waals surface area contributed by atoms with Crippen molar-refractivity contribution in [3.05, 3.63) is 71.7 Å². The number of guanidine groups is 1. The molecule has 2 aromatic heterocycles. The van der Waals surface area contributed by atoms with Gasteiger partial charge in [-0.1, -0.05) is 30.3 Å². The summed E-state index contributed by atoms with van der Waals surface area (Å²) in [6.45, 7) is 4.26. The molecule has 0 spiro atoms. The van der Waals surface area contributed by atoms with Gasteiger partial charge in [0.15, 0.2) is 5.96 Å². The van der Waals surface area contributed by atoms with Crippen molar-refractivity contribution < 1.29 is 4.42 Å². The summed E-state index contributed by atoms with van der Waals surface area (Å²) >= 11 is 0. The van der Waals surface area contributed by atoms with Crippen molar-refractivity contribution in [3.63, 3.8) is 0 Å². The minimum Gasteiger partial charge on any atom is -0.469 e. The molecule has 4 rings (SSSR count). The smallest absolute Gasteiger partial charge is 0.191 e. The first kappa shape index (κ1) is 19.2. The number of aromatic nitrogens is 3. The van der Waals surface area contributed by atoms with Gasteiger partial charge in [-0.2, -0.15) is 5.10 Å². The molecule has 1 atom stereocenters. The van der Waals surface area contributed by atoms with E-state index < -0.39 is 0 Å². The molecular formula is C22H28N6O. The van der Waals surface area contributed by atoms with E-state index in [1.165, 1.54) is 5.56 Å². The van der Waals surface area contributed by atoms with Gasteiger partial charge in [-0.15, -0.1) is 0 Å². The Balaban J connectivity index is 1.35. The van der Waals surface area contributed by atoms with Crippen LogP contribution >= 0.6 is 0 Å². The van der Waals surface area contributed by atoms with Crippen LogP contribution in [-0.2, 0) is 25.8 Å². The molecule has 1 aliphatic rings. The summed E-state index contributed by atoms with van der Waals surface area (Å²) in [6.07, 6.45) is 5.40. The van der Waals surface area contributed by atoms with Gasteiger partial charge < -0.3 is 15.1 Å². The van der Waals surface area contributed by atoms with Gasteiger partial charge in [0.25, 0.3) is 0 Å². The van der Waals surface area contributed by atoms with Crippen molar-refractivity contribution in [2.45, 2.75) is 45.2 Å². The van der Waals surface area contributed by atoms with E-state index in [9.17, 15) is 0 Å². The van der Waals surface area contributed by atoms with Crippen molar-refractivity contribution in [2.75, 3.05) is 13.1 Å². The number of rotatable bonds is 7. The number of fused-ring (bicyclic) bond motifs is 1. The SMILES string of the molecule is Cc1nc2n(n1)CC(NC(=NCCc1ccco1)NCCc1ccccc1)CC2. The molecule has 0 amide bonds. The molecule has 29 heavy (non-hydrogen) atoms. The third-order valence-electron chi connectivity index (χ3n) is 5.06. The molecule has 0 fully saturated rings. The number of nitrogens with zero attached hydrogens (tertiary/aromatic N) is 4. The zero-order valence-corrected chi connectivity index (χ0v) is 16.8. The van der Waals surface area contributed by atoms with Gasteiger partial charge >= 0.3 is 0 Å². The summed E-state index contributed by atoms with van der Waals surface area (Å²) in [4.78, 5) is 9.27. The molecule has 0 aliphatic carbocycles. The highest BCUT2D eigenvalue weighted by Gasteiger charge is 2.21. The molecule has 7 nitrogen and oxygen atoms in total. The van der Waals surface area contributed by atoms with Crippen molar-refractivity contribution in [2.24, 2.45) is 4.99 Å². The van der Waals surface area contributed by atoms with Crippen LogP contribution in [0, 0.1) is 6.92 Å². The van der Waals surface area contributed by atoms with E-state index >= 15 is 0 Å². The molecule has 2 N–H and O–H groups in total. The maximum atomic E-state index is 5.42. The maximum absolute atomic E-state index is 5.42. The van der Waals surface area contributed by atoms with Gasteiger partial charge in [-0.3, -0.25) is 4.99 Å². The quantitative estimate of drug-likeness (QED) is 0.477. The van der Waals surface area contributed by atoms with Crippen molar-refractivity contribution in [1.82, 2.24) is 25.4 Å². The largest absolute Gasteiger partial charge is 0.469 e. The van der Waals surface area contributed by atoms with Gasteiger partial charge in [-0.25, -0.2) is 9.67 Å². The fourth-order valence-electron chi connectivity index (χ4n) is 3.60. The third kappa shape index (κ3) is 5.47. The molecule has 3 aromatic rings. The number of furan rings is 1. The molecule has 0 saturated heterocycles. The zero-order valence-electron chi connectivity index (χ0n) is 16.8. The molecule has 152 valence electrons. The minimum atomic E-state index is 0.287. The number of hydrogen-bond donors (Lipinski definition) is 2. The first-order valence-corrected chi connectivity index (χ1v) is 10.3. The van der Waals surface area contributed by atoms with Crippen LogP contribution in [0.5, 0.6) is 0 Å². The van der Waals surface area contributed by atoms with Gasteiger partial charge in [0.2, 0.25) is 0 Å². The number of hydrogen-bond acceptors (Lipinski definition) is 4. The molecule has 0 radical (unpaired) electrons. The standard InChI is InChI=1S/C22H28N6O/c1-17-25-21-10-9-19(16-28(21)27-17)26-22(24-14-12-20-8-5-15-29-20)23-13-11-18-6-3-2-4-7-18/h2-8,15,19H,9-14,16H2,1H3,(H2,23,24,26). The number of nitrogens with one attached hydrogen (secondary N) is 2. The lowest BCUT2D eigenvalue weighted by atomic mass is 10.1. The number of aliphatic imine (C=N–C) groups is 1. The van der Waals surface area contributed by atoms with Crippen LogP contribution in [0.4, 0.5) is 0 Å². The summed E-state index contributed by atoms with van der Waals surface area (Å²) in [6, 6.07) is 14.7. The lowest BCUT2D eigenvalue weighted by Crippen LogP contribution is -2.47. The Labute approximate surface area is 171 Å². The zero-order chi connectivity index (χ0) is 19.9. The highest BCUT2D eigenvalue weighted by atomic mass is 16.3. The van der Waals surface area contributed by atoms with Crippen LogP contribution in [0.3, 0.4) is 0 Å². The summed E-state index contributed by atoms with van der Waals surface area (Å²) in [7, 11) is 0. The fraction of sp³-hybridized carbons (Fsp3) is 0.409. The summed E-state index contributed by atoms with van der Waals surface area (Å²) in [5.74, 6) is 3.72. The van der Waals surface area contributed by atoms with E-state index in [-0.39, 0.29) is 6.04 Å². The highest BCUT2D eigenvalue weighted by Crippen LogP contribution is 2.12. The lowest BCUT2D eigenvalue weighted by Gasteiger charge is -2.25. The molecular weight excluding hydrogens is 364 g/mol. The molecule has 1 aliphatic heterocycles. The molecule has 3 heterocycles. The van der Waals surface area contributed by atoms with Gasteiger partial charge in [0.1, 0.15) is 17.4 Å².